The average Bonchev–Trinajstić information content (AvgIpc) is 2.70. The zero-order valence-electron chi connectivity index (χ0n) is 12.5. The molecule has 106 valence electrons. The highest BCUT2D eigenvalue weighted by atomic mass is 15.2. The molecule has 0 aliphatic carbocycles. The second-order valence-electron chi connectivity index (χ2n) is 5.58. The Bertz CT molecular complexity index is 702. The lowest BCUT2D eigenvalue weighted by Crippen LogP contribution is -2.23. The van der Waals surface area contributed by atoms with Gasteiger partial charge in [0.25, 0.3) is 0 Å². The number of hydrogen-bond acceptors (Lipinski definition) is 4. The Labute approximate surface area is 124 Å². The van der Waals surface area contributed by atoms with E-state index < -0.39 is 0 Å². The number of para-hydroxylation sites is 1. The lowest BCUT2D eigenvalue weighted by Gasteiger charge is -2.23. The van der Waals surface area contributed by atoms with Crippen molar-refractivity contribution in [1.29, 1.82) is 0 Å². The highest BCUT2D eigenvalue weighted by Crippen LogP contribution is 2.46. The molecule has 3 rings (SSSR count). The fourth-order valence-electron chi connectivity index (χ4n) is 2.83. The van der Waals surface area contributed by atoms with E-state index in [1.54, 1.807) is 24.7 Å². The van der Waals surface area contributed by atoms with Gasteiger partial charge in [0.1, 0.15) is 0 Å². The van der Waals surface area contributed by atoms with Crippen molar-refractivity contribution in [2.24, 2.45) is 4.99 Å². The van der Waals surface area contributed by atoms with Gasteiger partial charge in [0.15, 0.2) is 0 Å². The summed E-state index contributed by atoms with van der Waals surface area (Å²) in [5.41, 5.74) is 3.76. The van der Waals surface area contributed by atoms with Gasteiger partial charge < -0.3 is 4.90 Å². The highest BCUT2D eigenvalue weighted by Gasteiger charge is 2.37. The molecule has 0 amide bonds. The first-order chi connectivity index (χ1) is 10.1. The molecular weight excluding hydrogens is 260 g/mol. The van der Waals surface area contributed by atoms with Crippen molar-refractivity contribution in [2.75, 3.05) is 11.9 Å². The molecule has 2 aromatic rings. The topological polar surface area (TPSA) is 41.4 Å². The van der Waals surface area contributed by atoms with E-state index in [2.05, 4.69) is 65.0 Å². The Morgan fingerprint density at radius 1 is 1.10 bits per heavy atom. The predicted molar refractivity (Wildman–Crippen MR) is 86.1 cm³/mol. The first kappa shape index (κ1) is 13.5. The van der Waals surface area contributed by atoms with Crippen molar-refractivity contribution < 1.29 is 0 Å². The van der Waals surface area contributed by atoms with Crippen LogP contribution in [0.2, 0.25) is 0 Å². The van der Waals surface area contributed by atoms with Crippen LogP contribution in [0.25, 0.3) is 0 Å². The van der Waals surface area contributed by atoms with Gasteiger partial charge in [-0.3, -0.25) is 0 Å². The molecule has 0 radical (unpaired) electrons. The maximum atomic E-state index is 4.28. The Balaban J connectivity index is 1.93. The highest BCUT2D eigenvalue weighted by molar-refractivity contribution is 5.80. The van der Waals surface area contributed by atoms with Crippen molar-refractivity contribution >= 4 is 17.9 Å². The molecule has 4 heteroatoms. The van der Waals surface area contributed by atoms with Gasteiger partial charge in [-0.15, -0.1) is 0 Å². The van der Waals surface area contributed by atoms with Crippen molar-refractivity contribution in [1.82, 2.24) is 9.97 Å². The lowest BCUT2D eigenvalue weighted by atomic mass is 9.84. The van der Waals surface area contributed by atoms with Crippen LogP contribution in [0.3, 0.4) is 0 Å². The molecule has 21 heavy (non-hydrogen) atoms. The monoisotopic (exact) mass is 278 g/mol. The van der Waals surface area contributed by atoms with Crippen molar-refractivity contribution in [2.45, 2.75) is 19.3 Å². The van der Waals surface area contributed by atoms with Crippen LogP contribution in [0.5, 0.6) is 0 Å². The third kappa shape index (κ3) is 2.33. The molecule has 0 spiro atoms. The molecule has 1 aliphatic rings. The number of anilines is 1. The molecule has 1 aromatic carbocycles. The number of allylic oxidation sites excluding steroid dienone is 2. The molecule has 0 bridgehead atoms. The number of benzene rings is 1. The molecule has 0 atom stereocenters. The SMILES string of the molecule is CN1/C(=C\C=N\c2ncccn2)C(C)(C)c2ccccc21. The maximum absolute atomic E-state index is 4.28. The number of aliphatic imine (C=N–C) groups is 1. The zero-order chi connectivity index (χ0) is 14.9. The molecule has 0 fully saturated rings. The molecule has 2 heterocycles. The van der Waals surface area contributed by atoms with E-state index >= 15 is 0 Å². The van der Waals surface area contributed by atoms with E-state index in [1.165, 1.54) is 16.9 Å². The fraction of sp³-hybridized carbons (Fsp3) is 0.235. The summed E-state index contributed by atoms with van der Waals surface area (Å²) >= 11 is 0. The van der Waals surface area contributed by atoms with Crippen molar-refractivity contribution in [3.63, 3.8) is 0 Å². The number of fused-ring (bicyclic) bond motifs is 1. The number of nitrogens with zero attached hydrogens (tertiary/aromatic N) is 4. The lowest BCUT2D eigenvalue weighted by molar-refractivity contribution is 0.641. The van der Waals surface area contributed by atoms with E-state index in [4.69, 9.17) is 0 Å². The van der Waals surface area contributed by atoms with Crippen LogP contribution in [0.4, 0.5) is 11.6 Å². The number of likely N-dealkylation sites (N-methyl/N-ethyl adjacent to an activating group) is 1. The minimum absolute atomic E-state index is 0.0328. The van der Waals surface area contributed by atoms with E-state index in [1.807, 2.05) is 6.08 Å². The van der Waals surface area contributed by atoms with Crippen molar-refractivity contribution in [3.05, 3.63) is 60.1 Å². The summed E-state index contributed by atoms with van der Waals surface area (Å²) in [5, 5.41) is 0. The van der Waals surface area contributed by atoms with E-state index in [-0.39, 0.29) is 5.41 Å². The van der Waals surface area contributed by atoms with Gasteiger partial charge in [-0.1, -0.05) is 32.0 Å². The second-order valence-corrected chi connectivity index (χ2v) is 5.58. The minimum Gasteiger partial charge on any atom is -0.347 e. The van der Waals surface area contributed by atoms with Crippen LogP contribution in [-0.2, 0) is 5.41 Å². The van der Waals surface area contributed by atoms with Crippen LogP contribution >= 0.6 is 0 Å². The molecule has 0 saturated heterocycles. The van der Waals surface area contributed by atoms with Crippen LogP contribution in [0.1, 0.15) is 19.4 Å². The molecule has 0 N–H and O–H groups in total. The molecule has 0 unspecified atom stereocenters. The van der Waals surface area contributed by atoms with Crippen LogP contribution in [-0.4, -0.2) is 23.2 Å². The van der Waals surface area contributed by atoms with Gasteiger partial charge in [-0.25, -0.2) is 15.0 Å². The van der Waals surface area contributed by atoms with Gasteiger partial charge >= 0.3 is 0 Å². The molecule has 1 aliphatic heterocycles. The smallest absolute Gasteiger partial charge is 0.249 e. The summed E-state index contributed by atoms with van der Waals surface area (Å²) in [6.45, 7) is 4.46. The Morgan fingerprint density at radius 2 is 1.81 bits per heavy atom. The summed E-state index contributed by atoms with van der Waals surface area (Å²) in [6, 6.07) is 10.3. The normalized spacial score (nSPS) is 18.4. The molecular formula is C17H18N4. The number of aromatic nitrogens is 2. The Kier molecular flexibility index (Phi) is 3.29. The van der Waals surface area contributed by atoms with Crippen LogP contribution in [0, 0.1) is 0 Å². The Hall–Kier alpha value is -2.49. The molecule has 4 nitrogen and oxygen atoms in total. The van der Waals surface area contributed by atoms with Gasteiger partial charge in [0, 0.05) is 42.5 Å². The first-order valence-electron chi connectivity index (χ1n) is 6.96. The van der Waals surface area contributed by atoms with E-state index in [0.717, 1.165) is 0 Å². The van der Waals surface area contributed by atoms with Gasteiger partial charge in [-0.2, -0.15) is 0 Å². The van der Waals surface area contributed by atoms with Crippen molar-refractivity contribution in [3.8, 4) is 0 Å². The number of hydrogen-bond donors (Lipinski definition) is 0. The maximum Gasteiger partial charge on any atom is 0.249 e. The van der Waals surface area contributed by atoms with E-state index in [9.17, 15) is 0 Å². The first-order valence-corrected chi connectivity index (χ1v) is 6.96. The standard InChI is InChI=1S/C17H18N4/c1-17(2)13-7-4-5-8-14(13)21(3)15(17)9-12-20-16-18-10-6-11-19-16/h4-12H,1-3H3/b15-9-,20-12+. The van der Waals surface area contributed by atoms with Crippen LogP contribution in [0.15, 0.2) is 59.5 Å². The summed E-state index contributed by atoms with van der Waals surface area (Å²) in [5.74, 6) is 0.477. The summed E-state index contributed by atoms with van der Waals surface area (Å²) in [7, 11) is 2.09. The van der Waals surface area contributed by atoms with Gasteiger partial charge in [-0.05, 0) is 23.8 Å². The largest absolute Gasteiger partial charge is 0.347 e. The Morgan fingerprint density at radius 3 is 2.52 bits per heavy atom. The van der Waals surface area contributed by atoms with Gasteiger partial charge in [0.05, 0.1) is 0 Å². The average molecular weight is 278 g/mol. The number of rotatable bonds is 2. The predicted octanol–water partition coefficient (Wildman–Crippen LogP) is 3.49. The molecule has 1 aromatic heterocycles. The van der Waals surface area contributed by atoms with Crippen LogP contribution < -0.4 is 4.90 Å². The van der Waals surface area contributed by atoms with E-state index in [0.29, 0.717) is 5.95 Å². The summed E-state index contributed by atoms with van der Waals surface area (Å²) in [6.07, 6.45) is 7.19. The molecule has 0 saturated carbocycles. The summed E-state index contributed by atoms with van der Waals surface area (Å²) in [4.78, 5) is 14.7. The quantitative estimate of drug-likeness (QED) is 0.790. The third-order valence-electron chi connectivity index (χ3n) is 3.92. The van der Waals surface area contributed by atoms with Gasteiger partial charge in [0.2, 0.25) is 5.95 Å². The third-order valence-corrected chi connectivity index (χ3v) is 3.92. The fourth-order valence-corrected chi connectivity index (χ4v) is 2.83. The zero-order valence-corrected chi connectivity index (χ0v) is 12.5. The summed E-state index contributed by atoms with van der Waals surface area (Å²) < 4.78 is 0. The minimum atomic E-state index is -0.0328. The second kappa shape index (κ2) is 5.13.